The van der Waals surface area contributed by atoms with E-state index < -0.39 is 0 Å². The van der Waals surface area contributed by atoms with E-state index in [-0.39, 0.29) is 0 Å². The van der Waals surface area contributed by atoms with Crippen LogP contribution in [0, 0.1) is 12.8 Å². The summed E-state index contributed by atoms with van der Waals surface area (Å²) >= 11 is 6.04. The van der Waals surface area contributed by atoms with Gasteiger partial charge in [-0.25, -0.2) is 0 Å². The first-order valence-electron chi connectivity index (χ1n) is 5.91. The minimum absolute atomic E-state index is 0.525. The topological polar surface area (TPSA) is 21.1 Å². The standard InChI is InChI=1S/C12H20ClN3/c1-9-4-5-16(12(9)7-13)8-11-6-10(2)14-15(11)3/h6,9,12H,4-5,7-8H2,1-3H3. The van der Waals surface area contributed by atoms with Gasteiger partial charge in [-0.1, -0.05) is 6.92 Å². The van der Waals surface area contributed by atoms with Gasteiger partial charge in [0.05, 0.1) is 11.4 Å². The van der Waals surface area contributed by atoms with E-state index in [0.717, 1.165) is 24.7 Å². The third kappa shape index (κ3) is 2.25. The Kier molecular flexibility index (Phi) is 3.55. The smallest absolute Gasteiger partial charge is 0.0597 e. The van der Waals surface area contributed by atoms with E-state index >= 15 is 0 Å². The highest BCUT2D eigenvalue weighted by Crippen LogP contribution is 2.26. The van der Waals surface area contributed by atoms with E-state index in [0.29, 0.717) is 12.0 Å². The normalized spacial score (nSPS) is 26.5. The van der Waals surface area contributed by atoms with Gasteiger partial charge < -0.3 is 0 Å². The predicted molar refractivity (Wildman–Crippen MR) is 66.6 cm³/mol. The fraction of sp³-hybridized carbons (Fsp3) is 0.750. The number of likely N-dealkylation sites (tertiary alicyclic amines) is 1. The average Bonchev–Trinajstić information content (AvgIpc) is 2.72. The van der Waals surface area contributed by atoms with Crippen molar-refractivity contribution < 1.29 is 0 Å². The minimum atomic E-state index is 0.525. The molecule has 0 aliphatic carbocycles. The van der Waals surface area contributed by atoms with E-state index in [1.54, 1.807) is 0 Å². The lowest BCUT2D eigenvalue weighted by atomic mass is 10.1. The molecule has 1 aromatic rings. The van der Waals surface area contributed by atoms with Crippen molar-refractivity contribution in [2.45, 2.75) is 32.9 Å². The van der Waals surface area contributed by atoms with Crippen LogP contribution in [-0.4, -0.2) is 33.1 Å². The van der Waals surface area contributed by atoms with Crippen LogP contribution in [0.5, 0.6) is 0 Å². The van der Waals surface area contributed by atoms with E-state index in [2.05, 4.69) is 23.0 Å². The van der Waals surface area contributed by atoms with Crippen LogP contribution in [-0.2, 0) is 13.6 Å². The summed E-state index contributed by atoms with van der Waals surface area (Å²) in [6, 6.07) is 2.69. The van der Waals surface area contributed by atoms with Crippen LogP contribution in [0.1, 0.15) is 24.7 Å². The molecule has 90 valence electrons. The van der Waals surface area contributed by atoms with Crippen molar-refractivity contribution in [2.75, 3.05) is 12.4 Å². The van der Waals surface area contributed by atoms with Gasteiger partial charge >= 0.3 is 0 Å². The average molecular weight is 242 g/mol. The maximum Gasteiger partial charge on any atom is 0.0597 e. The van der Waals surface area contributed by atoms with Gasteiger partial charge in [-0.05, 0) is 31.9 Å². The summed E-state index contributed by atoms with van der Waals surface area (Å²) in [5.74, 6) is 1.45. The molecule has 0 aromatic carbocycles. The largest absolute Gasteiger partial charge is 0.293 e. The molecule has 3 nitrogen and oxygen atoms in total. The van der Waals surface area contributed by atoms with Gasteiger partial charge in [0.15, 0.2) is 0 Å². The summed E-state index contributed by atoms with van der Waals surface area (Å²) in [5, 5.41) is 4.38. The number of halogens is 1. The second-order valence-electron chi connectivity index (χ2n) is 4.86. The van der Waals surface area contributed by atoms with Crippen molar-refractivity contribution in [3.8, 4) is 0 Å². The van der Waals surface area contributed by atoms with Crippen LogP contribution in [0.2, 0.25) is 0 Å². The molecule has 1 saturated heterocycles. The zero-order valence-corrected chi connectivity index (χ0v) is 11.0. The Bertz CT molecular complexity index is 361. The molecule has 0 amide bonds. The second-order valence-corrected chi connectivity index (χ2v) is 5.17. The maximum atomic E-state index is 6.04. The molecule has 0 spiro atoms. The Morgan fingerprint density at radius 3 is 2.88 bits per heavy atom. The van der Waals surface area contributed by atoms with Gasteiger partial charge in [0.1, 0.15) is 0 Å². The predicted octanol–water partition coefficient (Wildman–Crippen LogP) is 2.18. The van der Waals surface area contributed by atoms with Gasteiger partial charge in [-0.15, -0.1) is 11.6 Å². The van der Waals surface area contributed by atoms with E-state index in [4.69, 9.17) is 11.6 Å². The van der Waals surface area contributed by atoms with Crippen LogP contribution in [0.25, 0.3) is 0 Å². The molecule has 0 saturated carbocycles. The van der Waals surface area contributed by atoms with Gasteiger partial charge in [0, 0.05) is 25.5 Å². The molecule has 1 aliphatic heterocycles. The zero-order chi connectivity index (χ0) is 11.7. The molecular formula is C12H20ClN3. The lowest BCUT2D eigenvalue weighted by Gasteiger charge is -2.24. The molecule has 0 bridgehead atoms. The highest BCUT2D eigenvalue weighted by Gasteiger charge is 2.30. The summed E-state index contributed by atoms with van der Waals surface area (Å²) < 4.78 is 1.98. The zero-order valence-electron chi connectivity index (χ0n) is 10.3. The van der Waals surface area contributed by atoms with Crippen LogP contribution in [0.4, 0.5) is 0 Å². The first kappa shape index (κ1) is 11.9. The molecule has 0 N–H and O–H groups in total. The van der Waals surface area contributed by atoms with Crippen LogP contribution in [0.15, 0.2) is 6.07 Å². The highest BCUT2D eigenvalue weighted by molar-refractivity contribution is 6.18. The fourth-order valence-electron chi connectivity index (χ4n) is 2.55. The summed E-state index contributed by atoms with van der Waals surface area (Å²) in [6.45, 7) is 6.46. The second kappa shape index (κ2) is 4.76. The highest BCUT2D eigenvalue weighted by atomic mass is 35.5. The van der Waals surface area contributed by atoms with Crippen LogP contribution >= 0.6 is 11.6 Å². The molecular weight excluding hydrogens is 222 g/mol. The molecule has 2 atom stereocenters. The fourth-order valence-corrected chi connectivity index (χ4v) is 3.05. The molecule has 1 fully saturated rings. The summed E-state index contributed by atoms with van der Waals surface area (Å²) in [4.78, 5) is 2.48. The number of hydrogen-bond donors (Lipinski definition) is 0. The van der Waals surface area contributed by atoms with Crippen molar-refractivity contribution in [1.82, 2.24) is 14.7 Å². The van der Waals surface area contributed by atoms with Crippen LogP contribution < -0.4 is 0 Å². The summed E-state index contributed by atoms with van der Waals surface area (Å²) in [6.07, 6.45) is 1.26. The first-order chi connectivity index (χ1) is 7.61. The Morgan fingerprint density at radius 1 is 1.56 bits per heavy atom. The number of alkyl halides is 1. The molecule has 1 aliphatic rings. The van der Waals surface area contributed by atoms with Crippen molar-refractivity contribution >= 4 is 11.6 Å². The van der Waals surface area contributed by atoms with Gasteiger partial charge in [0.2, 0.25) is 0 Å². The monoisotopic (exact) mass is 241 g/mol. The molecule has 16 heavy (non-hydrogen) atoms. The van der Waals surface area contributed by atoms with E-state index in [1.807, 2.05) is 18.7 Å². The number of hydrogen-bond acceptors (Lipinski definition) is 2. The Hall–Kier alpha value is -0.540. The number of nitrogens with zero attached hydrogens (tertiary/aromatic N) is 3. The van der Waals surface area contributed by atoms with Crippen molar-refractivity contribution in [1.29, 1.82) is 0 Å². The van der Waals surface area contributed by atoms with Crippen molar-refractivity contribution in [2.24, 2.45) is 13.0 Å². The molecule has 1 aromatic heterocycles. The summed E-state index contributed by atoms with van der Waals surface area (Å²) in [5.41, 5.74) is 2.37. The lowest BCUT2D eigenvalue weighted by molar-refractivity contribution is 0.236. The van der Waals surface area contributed by atoms with Gasteiger partial charge in [-0.3, -0.25) is 9.58 Å². The third-order valence-electron chi connectivity index (χ3n) is 3.62. The molecule has 4 heteroatoms. The molecule has 2 rings (SSSR count). The Morgan fingerprint density at radius 2 is 2.31 bits per heavy atom. The van der Waals surface area contributed by atoms with Crippen LogP contribution in [0.3, 0.4) is 0 Å². The van der Waals surface area contributed by atoms with Gasteiger partial charge in [0.25, 0.3) is 0 Å². The Balaban J connectivity index is 2.07. The SMILES string of the molecule is Cc1cc(CN2CCC(C)C2CCl)n(C)n1. The van der Waals surface area contributed by atoms with E-state index in [1.165, 1.54) is 12.1 Å². The molecule has 2 unspecified atom stereocenters. The quantitative estimate of drug-likeness (QED) is 0.757. The van der Waals surface area contributed by atoms with Crippen molar-refractivity contribution in [3.63, 3.8) is 0 Å². The number of aryl methyl sites for hydroxylation is 2. The molecule has 2 heterocycles. The minimum Gasteiger partial charge on any atom is -0.293 e. The number of rotatable bonds is 3. The van der Waals surface area contributed by atoms with Gasteiger partial charge in [-0.2, -0.15) is 5.10 Å². The summed E-state index contributed by atoms with van der Waals surface area (Å²) in [7, 11) is 2.01. The lowest BCUT2D eigenvalue weighted by Crippen LogP contribution is -2.33. The molecule has 0 radical (unpaired) electrons. The number of aromatic nitrogens is 2. The third-order valence-corrected chi connectivity index (χ3v) is 3.94. The maximum absolute atomic E-state index is 6.04. The van der Waals surface area contributed by atoms with E-state index in [9.17, 15) is 0 Å². The Labute approximate surface area is 102 Å². The first-order valence-corrected chi connectivity index (χ1v) is 6.44. The van der Waals surface area contributed by atoms with Crippen molar-refractivity contribution in [3.05, 3.63) is 17.5 Å².